The van der Waals surface area contributed by atoms with Gasteiger partial charge < -0.3 is 29.0 Å². The molecule has 3 aromatic carbocycles. The molecule has 3 rings (SSSR count). The third kappa shape index (κ3) is 5.60. The molecule has 0 aliphatic rings. The molecule has 0 saturated heterocycles. The third-order valence-corrected chi connectivity index (χ3v) is 5.09. The van der Waals surface area contributed by atoms with E-state index < -0.39 is 0 Å². The van der Waals surface area contributed by atoms with Crippen molar-refractivity contribution in [1.82, 2.24) is 0 Å². The minimum atomic E-state index is -0.364. The molecule has 0 aromatic heterocycles. The van der Waals surface area contributed by atoms with E-state index in [-0.39, 0.29) is 12.6 Å². The first-order chi connectivity index (χ1) is 16.0. The SMILES string of the molecule is COc1ccc(N(Cc2cc(OC)ccc2OC)C(=O)Nc2cc(OC)ccc2OC)cc1. The van der Waals surface area contributed by atoms with E-state index in [1.165, 1.54) is 0 Å². The normalized spacial score (nSPS) is 10.2. The lowest BCUT2D eigenvalue weighted by atomic mass is 10.1. The van der Waals surface area contributed by atoms with Crippen LogP contribution in [0.1, 0.15) is 5.56 Å². The molecule has 3 aromatic rings. The summed E-state index contributed by atoms with van der Waals surface area (Å²) in [5.74, 6) is 3.10. The predicted molar refractivity (Wildman–Crippen MR) is 127 cm³/mol. The first-order valence-corrected chi connectivity index (χ1v) is 10.2. The van der Waals surface area contributed by atoms with Gasteiger partial charge in [-0.15, -0.1) is 0 Å². The Balaban J connectivity index is 1.99. The van der Waals surface area contributed by atoms with Crippen molar-refractivity contribution in [3.63, 3.8) is 0 Å². The zero-order valence-electron chi connectivity index (χ0n) is 19.4. The van der Waals surface area contributed by atoms with Gasteiger partial charge in [0.1, 0.15) is 28.7 Å². The van der Waals surface area contributed by atoms with Gasteiger partial charge in [0.05, 0.1) is 47.8 Å². The molecule has 174 valence electrons. The Bertz CT molecular complexity index is 1080. The number of carbonyl (C=O) groups is 1. The number of hydrogen-bond acceptors (Lipinski definition) is 6. The highest BCUT2D eigenvalue weighted by Crippen LogP contribution is 2.32. The van der Waals surface area contributed by atoms with Gasteiger partial charge in [-0.1, -0.05) is 0 Å². The van der Waals surface area contributed by atoms with Gasteiger partial charge in [-0.25, -0.2) is 4.79 Å². The van der Waals surface area contributed by atoms with E-state index in [9.17, 15) is 4.79 Å². The molecular formula is C25H28N2O6. The van der Waals surface area contributed by atoms with E-state index >= 15 is 0 Å². The summed E-state index contributed by atoms with van der Waals surface area (Å²) in [6.45, 7) is 0.227. The Morgan fingerprint density at radius 2 is 1.24 bits per heavy atom. The lowest BCUT2D eigenvalue weighted by molar-refractivity contribution is 0.256. The molecule has 1 N–H and O–H groups in total. The van der Waals surface area contributed by atoms with Crippen LogP contribution < -0.4 is 33.9 Å². The van der Waals surface area contributed by atoms with Crippen molar-refractivity contribution in [2.45, 2.75) is 6.54 Å². The summed E-state index contributed by atoms with van der Waals surface area (Å²) in [7, 11) is 7.88. The van der Waals surface area contributed by atoms with Crippen molar-refractivity contribution in [3.8, 4) is 28.7 Å². The van der Waals surface area contributed by atoms with Crippen molar-refractivity contribution >= 4 is 17.4 Å². The van der Waals surface area contributed by atoms with Gasteiger partial charge in [0.2, 0.25) is 0 Å². The number of anilines is 2. The first-order valence-electron chi connectivity index (χ1n) is 10.2. The number of amides is 2. The Labute approximate surface area is 193 Å². The van der Waals surface area contributed by atoms with Gasteiger partial charge in [0, 0.05) is 17.3 Å². The summed E-state index contributed by atoms with van der Waals surface area (Å²) in [6, 6.07) is 17.5. The molecule has 0 aliphatic heterocycles. The van der Waals surface area contributed by atoms with Crippen LogP contribution in [0.25, 0.3) is 0 Å². The van der Waals surface area contributed by atoms with Crippen molar-refractivity contribution < 1.29 is 28.5 Å². The van der Waals surface area contributed by atoms with Crippen LogP contribution in [0.15, 0.2) is 60.7 Å². The lowest BCUT2D eigenvalue weighted by Crippen LogP contribution is -2.34. The summed E-state index contributed by atoms with van der Waals surface area (Å²) >= 11 is 0. The molecule has 0 unspecified atom stereocenters. The van der Waals surface area contributed by atoms with Crippen LogP contribution >= 0.6 is 0 Å². The van der Waals surface area contributed by atoms with Crippen LogP contribution in [0.4, 0.5) is 16.2 Å². The number of carbonyl (C=O) groups excluding carboxylic acids is 1. The number of urea groups is 1. The summed E-state index contributed by atoms with van der Waals surface area (Å²) < 4.78 is 26.8. The van der Waals surface area contributed by atoms with Crippen LogP contribution in [0.5, 0.6) is 28.7 Å². The maximum absolute atomic E-state index is 13.5. The fraction of sp³-hybridized carbons (Fsp3) is 0.240. The van der Waals surface area contributed by atoms with Crippen LogP contribution in [0.2, 0.25) is 0 Å². The minimum absolute atomic E-state index is 0.227. The largest absolute Gasteiger partial charge is 0.497 e. The van der Waals surface area contributed by atoms with Crippen molar-refractivity contribution in [1.29, 1.82) is 0 Å². The number of ether oxygens (including phenoxy) is 5. The average molecular weight is 453 g/mol. The third-order valence-electron chi connectivity index (χ3n) is 5.09. The molecule has 0 saturated carbocycles. The molecule has 0 aliphatic carbocycles. The quantitative estimate of drug-likeness (QED) is 0.494. The van der Waals surface area contributed by atoms with Crippen LogP contribution in [0.3, 0.4) is 0 Å². The van der Waals surface area contributed by atoms with Gasteiger partial charge >= 0.3 is 6.03 Å². The number of benzene rings is 3. The lowest BCUT2D eigenvalue weighted by Gasteiger charge is -2.25. The predicted octanol–water partition coefficient (Wildman–Crippen LogP) is 4.97. The smallest absolute Gasteiger partial charge is 0.326 e. The number of nitrogens with one attached hydrogen (secondary N) is 1. The summed E-state index contributed by atoms with van der Waals surface area (Å²) in [5.41, 5.74) is 1.93. The molecule has 0 spiro atoms. The number of nitrogens with zero attached hydrogens (tertiary/aromatic N) is 1. The summed E-state index contributed by atoms with van der Waals surface area (Å²) in [4.78, 5) is 15.1. The maximum atomic E-state index is 13.5. The summed E-state index contributed by atoms with van der Waals surface area (Å²) in [5, 5.41) is 2.93. The number of methoxy groups -OCH3 is 5. The first kappa shape index (κ1) is 23.6. The Morgan fingerprint density at radius 3 is 1.82 bits per heavy atom. The van der Waals surface area contributed by atoms with E-state index in [1.807, 2.05) is 24.3 Å². The molecule has 0 bridgehead atoms. The van der Waals surface area contributed by atoms with Crippen LogP contribution in [-0.4, -0.2) is 41.6 Å². The molecule has 2 amide bonds. The highest BCUT2D eigenvalue weighted by Gasteiger charge is 2.21. The van der Waals surface area contributed by atoms with Gasteiger partial charge in [-0.2, -0.15) is 0 Å². The van der Waals surface area contributed by atoms with Crippen molar-refractivity contribution in [2.75, 3.05) is 45.8 Å². The number of hydrogen-bond donors (Lipinski definition) is 1. The minimum Gasteiger partial charge on any atom is -0.497 e. The second-order valence-electron chi connectivity index (χ2n) is 6.96. The van der Waals surface area contributed by atoms with E-state index in [0.29, 0.717) is 40.1 Å². The summed E-state index contributed by atoms with van der Waals surface area (Å²) in [6.07, 6.45) is 0. The van der Waals surface area contributed by atoms with E-state index in [4.69, 9.17) is 23.7 Å². The van der Waals surface area contributed by atoms with Crippen LogP contribution in [-0.2, 0) is 6.54 Å². The second-order valence-corrected chi connectivity index (χ2v) is 6.96. The fourth-order valence-corrected chi connectivity index (χ4v) is 3.31. The monoisotopic (exact) mass is 452 g/mol. The maximum Gasteiger partial charge on any atom is 0.326 e. The van der Waals surface area contributed by atoms with Crippen LogP contribution in [0, 0.1) is 0 Å². The highest BCUT2D eigenvalue weighted by molar-refractivity contribution is 6.02. The molecule has 33 heavy (non-hydrogen) atoms. The van der Waals surface area contributed by atoms with Gasteiger partial charge in [0.15, 0.2) is 0 Å². The Kier molecular flexibility index (Phi) is 7.86. The highest BCUT2D eigenvalue weighted by atomic mass is 16.5. The Hall–Kier alpha value is -4.07. The zero-order chi connectivity index (χ0) is 23.8. The van der Waals surface area contributed by atoms with Gasteiger partial charge in [-0.05, 0) is 54.6 Å². The zero-order valence-corrected chi connectivity index (χ0v) is 19.4. The molecule has 0 fully saturated rings. The molecule has 8 nitrogen and oxygen atoms in total. The standard InChI is InChI=1S/C25H28N2O6/c1-29-19-8-6-18(7-9-19)27(16-17-14-20(30-2)10-12-23(17)32-4)25(28)26-22-15-21(31-3)11-13-24(22)33-5/h6-15H,16H2,1-5H3,(H,26,28). The molecule has 0 radical (unpaired) electrons. The van der Waals surface area contributed by atoms with Crippen molar-refractivity contribution in [2.24, 2.45) is 0 Å². The van der Waals surface area contributed by atoms with Gasteiger partial charge in [-0.3, -0.25) is 4.90 Å². The molecule has 0 heterocycles. The number of rotatable bonds is 9. The van der Waals surface area contributed by atoms with E-state index in [2.05, 4.69) is 5.32 Å². The van der Waals surface area contributed by atoms with Gasteiger partial charge in [0.25, 0.3) is 0 Å². The van der Waals surface area contributed by atoms with Crippen molar-refractivity contribution in [3.05, 3.63) is 66.2 Å². The Morgan fingerprint density at radius 1 is 0.697 bits per heavy atom. The molecule has 0 atom stereocenters. The van der Waals surface area contributed by atoms with E-state index in [1.54, 1.807) is 76.8 Å². The second kappa shape index (κ2) is 11.0. The molecule has 8 heteroatoms. The van der Waals surface area contributed by atoms with E-state index in [0.717, 1.165) is 5.56 Å². The molecular weight excluding hydrogens is 424 g/mol. The topological polar surface area (TPSA) is 78.5 Å². The fourth-order valence-electron chi connectivity index (χ4n) is 3.31. The average Bonchev–Trinajstić information content (AvgIpc) is 2.87.